The molecule has 5 heteroatoms. The second kappa shape index (κ2) is 8.66. The monoisotopic (exact) mass is 444 g/mol. The van der Waals surface area contributed by atoms with Crippen LogP contribution >= 0.6 is 0 Å². The molecule has 0 saturated carbocycles. The Morgan fingerprint density at radius 2 is 1.75 bits per heavy atom. The molecule has 2 aliphatic heterocycles. The van der Waals surface area contributed by atoms with Gasteiger partial charge in [-0.05, 0) is 69.5 Å². The lowest BCUT2D eigenvalue weighted by atomic mass is 10.0. The van der Waals surface area contributed by atoms with Crippen molar-refractivity contribution in [3.8, 4) is 5.75 Å². The van der Waals surface area contributed by atoms with Crippen LogP contribution in [0.2, 0.25) is 0 Å². The molecule has 150 valence electrons. The zero-order valence-corrected chi connectivity index (χ0v) is 18.3. The van der Waals surface area contributed by atoms with Crippen LogP contribution in [0, 0.1) is 6.92 Å². The summed E-state index contributed by atoms with van der Waals surface area (Å²) in [7, 11) is 0. The fourth-order valence-electron chi connectivity index (χ4n) is 4.27. The van der Waals surface area contributed by atoms with Crippen molar-refractivity contribution in [3.05, 3.63) is 59.7 Å². The van der Waals surface area contributed by atoms with Crippen molar-refractivity contribution >= 4 is 11.5 Å². The summed E-state index contributed by atoms with van der Waals surface area (Å²) in [4.78, 5) is 2.31. The first-order valence-corrected chi connectivity index (χ1v) is 10.1. The summed E-state index contributed by atoms with van der Waals surface area (Å²) in [5.41, 5.74) is 2.33. The quantitative estimate of drug-likeness (QED) is 0.715. The molecule has 1 unspecified atom stereocenters. The number of aryl methyl sites for hydroxylation is 1. The van der Waals surface area contributed by atoms with E-state index in [2.05, 4.69) is 40.7 Å². The van der Waals surface area contributed by atoms with Crippen molar-refractivity contribution in [3.63, 3.8) is 0 Å². The van der Waals surface area contributed by atoms with Crippen molar-refractivity contribution in [2.24, 2.45) is 0 Å². The maximum atomic E-state index is 11.8. The molecule has 0 aromatic heterocycles. The van der Waals surface area contributed by atoms with E-state index in [4.69, 9.17) is 4.74 Å². The van der Waals surface area contributed by atoms with Crippen LogP contribution in [0.25, 0.3) is 0 Å². The molecule has 2 aliphatic rings. The Balaban J connectivity index is 0.00000225. The average Bonchev–Trinajstić information content (AvgIpc) is 2.84. The summed E-state index contributed by atoms with van der Waals surface area (Å²) in [5.74, 6) is 2.09. The number of hydrogen-bond donors (Lipinski definition) is 1. The summed E-state index contributed by atoms with van der Waals surface area (Å²) < 4.78 is 7.81. The number of benzene rings is 2. The normalized spacial score (nSPS) is 21.8. The van der Waals surface area contributed by atoms with E-state index in [1.54, 1.807) is 0 Å². The van der Waals surface area contributed by atoms with E-state index in [1.807, 2.05) is 31.2 Å². The van der Waals surface area contributed by atoms with E-state index >= 15 is 0 Å². The summed E-state index contributed by atoms with van der Waals surface area (Å²) in [5, 5.41) is 11.8. The van der Waals surface area contributed by atoms with E-state index < -0.39 is 5.72 Å². The van der Waals surface area contributed by atoms with Gasteiger partial charge in [-0.1, -0.05) is 17.7 Å². The molecule has 0 fully saturated rings. The van der Waals surface area contributed by atoms with Gasteiger partial charge in [0.25, 0.3) is 11.6 Å². The van der Waals surface area contributed by atoms with Crippen molar-refractivity contribution < 1.29 is 31.4 Å². The Labute approximate surface area is 178 Å². The predicted octanol–water partition coefficient (Wildman–Crippen LogP) is 1.05. The number of hydrogen-bond acceptors (Lipinski definition) is 3. The van der Waals surface area contributed by atoms with Crippen LogP contribution < -0.4 is 26.6 Å². The van der Waals surface area contributed by atoms with Gasteiger partial charge in [-0.25, -0.2) is 9.48 Å². The first kappa shape index (κ1) is 20.9. The van der Waals surface area contributed by atoms with Gasteiger partial charge < -0.3 is 26.8 Å². The SMILES string of the molecule is CCOc1ccc(C2(O)CN(c3ccc(C)cc3)C3=[N+]2CCCCC3)cc1.[Br-]. The van der Waals surface area contributed by atoms with Gasteiger partial charge >= 0.3 is 0 Å². The molecule has 0 spiro atoms. The number of ether oxygens (including phenoxy) is 1. The van der Waals surface area contributed by atoms with Gasteiger partial charge in [-0.15, -0.1) is 0 Å². The molecular weight excluding hydrogens is 416 g/mol. The lowest BCUT2D eigenvalue weighted by Gasteiger charge is -2.23. The molecule has 4 rings (SSSR count). The van der Waals surface area contributed by atoms with Crippen molar-refractivity contribution in [2.75, 3.05) is 24.6 Å². The minimum Gasteiger partial charge on any atom is -1.00 e. The number of halogens is 1. The third-order valence-corrected chi connectivity index (χ3v) is 5.70. The van der Waals surface area contributed by atoms with Crippen LogP contribution in [0.15, 0.2) is 48.5 Å². The van der Waals surface area contributed by atoms with E-state index in [0.29, 0.717) is 13.2 Å². The van der Waals surface area contributed by atoms with E-state index in [1.165, 1.54) is 24.2 Å². The zero-order valence-electron chi connectivity index (χ0n) is 16.7. The molecule has 4 nitrogen and oxygen atoms in total. The van der Waals surface area contributed by atoms with Crippen molar-refractivity contribution in [1.29, 1.82) is 0 Å². The van der Waals surface area contributed by atoms with Crippen LogP contribution in [0.1, 0.15) is 43.7 Å². The minimum atomic E-state index is -1.00. The number of anilines is 1. The van der Waals surface area contributed by atoms with Gasteiger partial charge in [0, 0.05) is 12.0 Å². The van der Waals surface area contributed by atoms with Gasteiger partial charge in [0.2, 0.25) is 0 Å². The summed E-state index contributed by atoms with van der Waals surface area (Å²) in [6.07, 6.45) is 4.51. The topological polar surface area (TPSA) is 35.7 Å². The highest BCUT2D eigenvalue weighted by molar-refractivity contribution is 5.95. The number of nitrogens with zero attached hydrogens (tertiary/aromatic N) is 2. The van der Waals surface area contributed by atoms with Gasteiger partial charge in [-0.2, -0.15) is 0 Å². The third-order valence-electron chi connectivity index (χ3n) is 5.70. The molecule has 0 amide bonds. The standard InChI is InChI=1S/C23H29N2O2.BrH/c1-3-27-21-14-10-19(11-15-21)23(26)17-24(20-12-8-18(2)9-13-20)22-7-5-4-6-16-25(22)23;/h8-15,26H,3-7,16-17H2,1-2H3;1H/q+1;/p-1. The van der Waals surface area contributed by atoms with Crippen LogP contribution in [0.4, 0.5) is 5.69 Å². The van der Waals surface area contributed by atoms with Crippen LogP contribution in [-0.4, -0.2) is 35.2 Å². The Morgan fingerprint density at radius 1 is 1.04 bits per heavy atom. The van der Waals surface area contributed by atoms with E-state index in [-0.39, 0.29) is 17.0 Å². The van der Waals surface area contributed by atoms with E-state index in [9.17, 15) is 5.11 Å². The van der Waals surface area contributed by atoms with Gasteiger partial charge in [0.15, 0.2) is 6.54 Å². The maximum absolute atomic E-state index is 11.8. The molecule has 0 radical (unpaired) electrons. The van der Waals surface area contributed by atoms with Crippen LogP contribution in [0.5, 0.6) is 5.75 Å². The Morgan fingerprint density at radius 3 is 2.43 bits per heavy atom. The number of rotatable bonds is 4. The average molecular weight is 445 g/mol. The largest absolute Gasteiger partial charge is 1.00 e. The molecule has 2 heterocycles. The fraction of sp³-hybridized carbons (Fsp3) is 0.435. The first-order valence-electron chi connectivity index (χ1n) is 10.1. The van der Waals surface area contributed by atoms with Gasteiger partial charge in [0.05, 0.1) is 13.2 Å². The smallest absolute Gasteiger partial charge is 0.271 e. The van der Waals surface area contributed by atoms with Crippen LogP contribution in [-0.2, 0) is 5.72 Å². The second-order valence-corrected chi connectivity index (χ2v) is 7.57. The molecule has 28 heavy (non-hydrogen) atoms. The molecule has 1 N–H and O–H groups in total. The number of β-amino-alcohol motifs (C(OH)–C–C–N with tert-alkyl or cyclic N) is 1. The van der Waals surface area contributed by atoms with Crippen molar-refractivity contribution in [2.45, 2.75) is 45.3 Å². The first-order chi connectivity index (χ1) is 13.1. The lowest BCUT2D eigenvalue weighted by Crippen LogP contribution is -3.00. The fourth-order valence-corrected chi connectivity index (χ4v) is 4.27. The highest BCUT2D eigenvalue weighted by Gasteiger charge is 2.51. The predicted molar refractivity (Wildman–Crippen MR) is 109 cm³/mol. The third kappa shape index (κ3) is 3.83. The highest BCUT2D eigenvalue weighted by atomic mass is 79.9. The Bertz CT molecular complexity index is 833. The second-order valence-electron chi connectivity index (χ2n) is 7.57. The Kier molecular flexibility index (Phi) is 6.46. The molecule has 2 aromatic rings. The molecule has 0 bridgehead atoms. The van der Waals surface area contributed by atoms with Crippen LogP contribution in [0.3, 0.4) is 0 Å². The molecular formula is C23H29BrN2O2. The van der Waals surface area contributed by atoms with Crippen molar-refractivity contribution in [1.82, 2.24) is 0 Å². The van der Waals surface area contributed by atoms with Gasteiger partial charge in [0.1, 0.15) is 11.4 Å². The Hall–Kier alpha value is -1.85. The van der Waals surface area contributed by atoms with E-state index in [0.717, 1.165) is 36.4 Å². The number of aliphatic hydroxyl groups is 1. The summed E-state index contributed by atoms with van der Waals surface area (Å²) in [6.45, 7) is 6.18. The maximum Gasteiger partial charge on any atom is 0.271 e. The summed E-state index contributed by atoms with van der Waals surface area (Å²) >= 11 is 0. The molecule has 2 aromatic carbocycles. The lowest BCUT2D eigenvalue weighted by molar-refractivity contribution is -0.658. The molecule has 0 saturated heterocycles. The zero-order chi connectivity index (χ0) is 18.9. The van der Waals surface area contributed by atoms with Gasteiger partial charge in [-0.3, -0.25) is 0 Å². The molecule has 0 aliphatic carbocycles. The summed E-state index contributed by atoms with van der Waals surface area (Å²) in [6, 6.07) is 16.5. The minimum absolute atomic E-state index is 0. The molecule has 1 atom stereocenters. The highest BCUT2D eigenvalue weighted by Crippen LogP contribution is 2.36. The number of amidine groups is 1.